The molecular formula is C12H19N3O3S2. The molecule has 0 aliphatic carbocycles. The number of nitrogens with one attached hydrogen (secondary N) is 2. The summed E-state index contributed by atoms with van der Waals surface area (Å²) in [5, 5.41) is 5.02. The highest BCUT2D eigenvalue weighted by Gasteiger charge is 2.20. The maximum Gasteiger partial charge on any atom is 0.236 e. The zero-order valence-electron chi connectivity index (χ0n) is 11.4. The quantitative estimate of drug-likeness (QED) is 0.711. The molecule has 6 nitrogen and oxygen atoms in total. The van der Waals surface area contributed by atoms with Crippen LogP contribution in [0.4, 0.5) is 0 Å². The topological polar surface area (TPSA) is 78.5 Å². The third kappa shape index (κ3) is 4.55. The summed E-state index contributed by atoms with van der Waals surface area (Å²) in [6.45, 7) is 2.42. The van der Waals surface area contributed by atoms with Gasteiger partial charge < -0.3 is 10.2 Å². The smallest absolute Gasteiger partial charge is 0.236 e. The Labute approximate surface area is 123 Å². The van der Waals surface area contributed by atoms with E-state index in [2.05, 4.69) is 21.5 Å². The molecule has 8 heteroatoms. The Morgan fingerprint density at radius 2 is 2.25 bits per heavy atom. The highest BCUT2D eigenvalue weighted by molar-refractivity contribution is 7.88. The summed E-state index contributed by atoms with van der Waals surface area (Å²) in [6, 6.07) is 2.07. The lowest BCUT2D eigenvalue weighted by atomic mass is 10.1. The summed E-state index contributed by atoms with van der Waals surface area (Å²) in [6.07, 6.45) is 2.04. The highest BCUT2D eigenvalue weighted by Crippen LogP contribution is 2.23. The maximum atomic E-state index is 12.0. The van der Waals surface area contributed by atoms with E-state index in [1.807, 2.05) is 4.90 Å². The summed E-state index contributed by atoms with van der Waals surface area (Å²) >= 11 is 1.75. The number of rotatable bonds is 6. The Kier molecular flexibility index (Phi) is 5.14. The predicted octanol–water partition coefficient (Wildman–Crippen LogP) is -0.228. The van der Waals surface area contributed by atoms with Gasteiger partial charge in [0.05, 0.1) is 12.8 Å². The van der Waals surface area contributed by atoms with Crippen LogP contribution in [0.25, 0.3) is 0 Å². The fraction of sp³-hybridized carbons (Fsp3) is 0.583. The Balaban J connectivity index is 1.69. The van der Waals surface area contributed by atoms with E-state index in [1.54, 1.807) is 11.3 Å². The van der Waals surface area contributed by atoms with Crippen LogP contribution in [0.5, 0.6) is 0 Å². The van der Waals surface area contributed by atoms with Crippen LogP contribution in [0.15, 0.2) is 11.4 Å². The van der Waals surface area contributed by atoms with E-state index in [-0.39, 0.29) is 12.5 Å². The lowest BCUT2D eigenvalue weighted by molar-refractivity contribution is -0.131. The Morgan fingerprint density at radius 3 is 3.00 bits per heavy atom. The molecule has 1 aromatic rings. The number of carbonyl (C=O) groups is 1. The zero-order chi connectivity index (χ0) is 14.6. The van der Waals surface area contributed by atoms with Gasteiger partial charge in [-0.1, -0.05) is 0 Å². The molecule has 1 aliphatic rings. The molecule has 0 aromatic carbocycles. The van der Waals surface area contributed by atoms with Crippen molar-refractivity contribution in [2.24, 2.45) is 0 Å². The Bertz CT molecular complexity index is 568. The average Bonchev–Trinajstić information content (AvgIpc) is 2.83. The second-order valence-corrected chi connectivity index (χ2v) is 7.61. The van der Waals surface area contributed by atoms with Gasteiger partial charge in [-0.05, 0) is 23.4 Å². The number of amides is 1. The minimum Gasteiger partial charge on any atom is -0.337 e. The third-order valence-electron chi connectivity index (χ3n) is 3.10. The van der Waals surface area contributed by atoms with E-state index in [4.69, 9.17) is 0 Å². The second kappa shape index (κ2) is 6.66. The number of hydrogen-bond acceptors (Lipinski definition) is 5. The van der Waals surface area contributed by atoms with Crippen molar-refractivity contribution in [3.05, 3.63) is 21.9 Å². The zero-order valence-corrected chi connectivity index (χ0v) is 13.0. The lowest BCUT2D eigenvalue weighted by Gasteiger charge is -2.27. The molecule has 2 N–H and O–H groups in total. The van der Waals surface area contributed by atoms with Gasteiger partial charge >= 0.3 is 0 Å². The molecule has 0 saturated heterocycles. The monoisotopic (exact) mass is 317 g/mol. The van der Waals surface area contributed by atoms with E-state index in [9.17, 15) is 13.2 Å². The van der Waals surface area contributed by atoms with Gasteiger partial charge in [0.25, 0.3) is 0 Å². The number of carbonyl (C=O) groups excluding carboxylic acids is 1. The number of fused-ring (bicyclic) bond motifs is 1. The number of sulfonamides is 1. The molecule has 2 heterocycles. The standard InChI is InChI=1S/C12H19N3O3S2/c1-20(17,18)14-5-4-13-8-12(16)15-6-2-11-10(9-15)3-7-19-11/h3,7,13-14H,2,4-6,8-9H2,1H3. The molecular weight excluding hydrogens is 298 g/mol. The first-order chi connectivity index (χ1) is 9.46. The van der Waals surface area contributed by atoms with E-state index >= 15 is 0 Å². The summed E-state index contributed by atoms with van der Waals surface area (Å²) in [5.41, 5.74) is 1.24. The van der Waals surface area contributed by atoms with Gasteiger partial charge in [-0.3, -0.25) is 4.79 Å². The van der Waals surface area contributed by atoms with Crippen molar-refractivity contribution in [3.63, 3.8) is 0 Å². The molecule has 0 spiro atoms. The van der Waals surface area contributed by atoms with Crippen LogP contribution >= 0.6 is 11.3 Å². The van der Waals surface area contributed by atoms with Crippen molar-refractivity contribution < 1.29 is 13.2 Å². The largest absolute Gasteiger partial charge is 0.337 e. The van der Waals surface area contributed by atoms with Crippen LogP contribution in [0, 0.1) is 0 Å². The minimum atomic E-state index is -3.16. The summed E-state index contributed by atoms with van der Waals surface area (Å²) in [4.78, 5) is 15.2. The number of hydrogen-bond donors (Lipinski definition) is 2. The van der Waals surface area contributed by atoms with Crippen molar-refractivity contribution >= 4 is 27.3 Å². The van der Waals surface area contributed by atoms with Gasteiger partial charge in [0.15, 0.2) is 0 Å². The SMILES string of the molecule is CS(=O)(=O)NCCNCC(=O)N1CCc2sccc2C1. The Morgan fingerprint density at radius 1 is 1.45 bits per heavy atom. The van der Waals surface area contributed by atoms with Gasteiger partial charge in [0.1, 0.15) is 0 Å². The van der Waals surface area contributed by atoms with Gasteiger partial charge in [0, 0.05) is 31.1 Å². The molecule has 0 atom stereocenters. The fourth-order valence-corrected chi connectivity index (χ4v) is 3.46. The average molecular weight is 317 g/mol. The first-order valence-electron chi connectivity index (χ1n) is 6.44. The molecule has 0 fully saturated rings. The van der Waals surface area contributed by atoms with Crippen molar-refractivity contribution in [2.45, 2.75) is 13.0 Å². The number of nitrogens with zero attached hydrogens (tertiary/aromatic N) is 1. The van der Waals surface area contributed by atoms with Crippen LogP contribution < -0.4 is 10.0 Å². The molecule has 0 bridgehead atoms. The second-order valence-electron chi connectivity index (χ2n) is 4.78. The van der Waals surface area contributed by atoms with Crippen molar-refractivity contribution in [1.29, 1.82) is 0 Å². The highest BCUT2D eigenvalue weighted by atomic mass is 32.2. The van der Waals surface area contributed by atoms with Gasteiger partial charge in [-0.2, -0.15) is 0 Å². The normalized spacial score (nSPS) is 15.2. The minimum absolute atomic E-state index is 0.0567. The summed E-state index contributed by atoms with van der Waals surface area (Å²) < 4.78 is 24.1. The van der Waals surface area contributed by atoms with Crippen LogP contribution in [-0.4, -0.2) is 51.7 Å². The molecule has 0 unspecified atom stereocenters. The van der Waals surface area contributed by atoms with Crippen molar-refractivity contribution in [3.8, 4) is 0 Å². The van der Waals surface area contributed by atoms with E-state index in [0.29, 0.717) is 19.6 Å². The summed E-state index contributed by atoms with van der Waals surface area (Å²) in [5.74, 6) is 0.0567. The molecule has 2 rings (SSSR count). The third-order valence-corrected chi connectivity index (χ3v) is 4.85. The van der Waals surface area contributed by atoms with Crippen LogP contribution in [0.3, 0.4) is 0 Å². The predicted molar refractivity (Wildman–Crippen MR) is 79.2 cm³/mol. The van der Waals surface area contributed by atoms with Crippen molar-refractivity contribution in [1.82, 2.24) is 14.9 Å². The molecule has 1 aromatic heterocycles. The van der Waals surface area contributed by atoms with Gasteiger partial charge in [0.2, 0.25) is 15.9 Å². The fourth-order valence-electron chi connectivity index (χ4n) is 2.09. The Hall–Kier alpha value is -0.960. The van der Waals surface area contributed by atoms with Crippen LogP contribution in [0.1, 0.15) is 10.4 Å². The maximum absolute atomic E-state index is 12.0. The first-order valence-corrected chi connectivity index (χ1v) is 9.21. The van der Waals surface area contributed by atoms with Gasteiger partial charge in [-0.25, -0.2) is 13.1 Å². The van der Waals surface area contributed by atoms with E-state index < -0.39 is 10.0 Å². The lowest BCUT2D eigenvalue weighted by Crippen LogP contribution is -2.42. The molecule has 1 aliphatic heterocycles. The molecule has 112 valence electrons. The van der Waals surface area contributed by atoms with E-state index in [0.717, 1.165) is 19.2 Å². The summed E-state index contributed by atoms with van der Waals surface area (Å²) in [7, 11) is -3.16. The molecule has 1 amide bonds. The van der Waals surface area contributed by atoms with Gasteiger partial charge in [-0.15, -0.1) is 11.3 Å². The molecule has 0 saturated carbocycles. The van der Waals surface area contributed by atoms with Crippen LogP contribution in [-0.2, 0) is 27.8 Å². The van der Waals surface area contributed by atoms with Crippen LogP contribution in [0.2, 0.25) is 0 Å². The van der Waals surface area contributed by atoms with Crippen molar-refractivity contribution in [2.75, 3.05) is 32.4 Å². The number of thiophene rings is 1. The van der Waals surface area contributed by atoms with E-state index in [1.165, 1.54) is 10.4 Å². The molecule has 20 heavy (non-hydrogen) atoms. The molecule has 0 radical (unpaired) electrons. The first kappa shape index (κ1) is 15.4.